The second-order valence-corrected chi connectivity index (χ2v) is 5.40. The molecule has 1 aromatic rings. The van der Waals surface area contributed by atoms with E-state index >= 15 is 0 Å². The van der Waals surface area contributed by atoms with Crippen LogP contribution in [-0.4, -0.2) is 38.6 Å². The number of nitrogens with one attached hydrogen (secondary N) is 1. The Labute approximate surface area is 114 Å². The lowest BCUT2D eigenvalue weighted by atomic mass is 9.89. The van der Waals surface area contributed by atoms with Gasteiger partial charge in [-0.25, -0.2) is 0 Å². The number of methoxy groups -OCH3 is 1. The van der Waals surface area contributed by atoms with Gasteiger partial charge in [0.15, 0.2) is 0 Å². The highest BCUT2D eigenvalue weighted by Crippen LogP contribution is 2.34. The molecule has 0 radical (unpaired) electrons. The zero-order valence-corrected chi connectivity index (χ0v) is 11.4. The first-order valence-corrected chi connectivity index (χ1v) is 6.92. The number of ether oxygens (including phenoxy) is 3. The molecular formula is C15H21NO3. The Morgan fingerprint density at radius 3 is 2.79 bits per heavy atom. The average Bonchev–Trinajstić information content (AvgIpc) is 2.88. The van der Waals surface area contributed by atoms with Crippen molar-refractivity contribution in [3.8, 4) is 5.75 Å². The monoisotopic (exact) mass is 263 g/mol. The van der Waals surface area contributed by atoms with Crippen LogP contribution in [0.2, 0.25) is 0 Å². The van der Waals surface area contributed by atoms with Gasteiger partial charge in [-0.3, -0.25) is 0 Å². The second-order valence-electron chi connectivity index (χ2n) is 5.40. The van der Waals surface area contributed by atoms with E-state index in [4.69, 9.17) is 14.2 Å². The summed E-state index contributed by atoms with van der Waals surface area (Å²) < 4.78 is 16.6. The maximum atomic E-state index is 5.95. The third-order valence-corrected chi connectivity index (χ3v) is 4.02. The molecule has 2 fully saturated rings. The van der Waals surface area contributed by atoms with Crippen LogP contribution >= 0.6 is 0 Å². The maximum Gasteiger partial charge on any atom is 0.119 e. The van der Waals surface area contributed by atoms with Gasteiger partial charge in [0.1, 0.15) is 5.75 Å². The highest BCUT2D eigenvalue weighted by molar-refractivity contribution is 5.47. The maximum absolute atomic E-state index is 5.95. The second kappa shape index (κ2) is 5.39. The summed E-state index contributed by atoms with van der Waals surface area (Å²) in [5.74, 6) is 0.887. The summed E-state index contributed by atoms with van der Waals surface area (Å²) in [6, 6.07) is 8.55. The van der Waals surface area contributed by atoms with Crippen LogP contribution in [0, 0.1) is 0 Å². The molecule has 0 amide bonds. The molecule has 0 aliphatic carbocycles. The normalized spacial score (nSPS) is 30.5. The van der Waals surface area contributed by atoms with Gasteiger partial charge in [0.2, 0.25) is 0 Å². The minimum absolute atomic E-state index is 0.0393. The van der Waals surface area contributed by atoms with Gasteiger partial charge >= 0.3 is 0 Å². The topological polar surface area (TPSA) is 39.7 Å². The molecule has 2 aliphatic heterocycles. The zero-order chi connectivity index (χ0) is 13.1. The predicted molar refractivity (Wildman–Crippen MR) is 73.8 cm³/mol. The lowest BCUT2D eigenvalue weighted by Crippen LogP contribution is -2.44. The number of anilines is 1. The number of hydrogen-bond donors (Lipinski definition) is 1. The Morgan fingerprint density at radius 1 is 1.26 bits per heavy atom. The van der Waals surface area contributed by atoms with Crippen molar-refractivity contribution >= 4 is 5.69 Å². The van der Waals surface area contributed by atoms with Crippen LogP contribution in [0.25, 0.3) is 0 Å². The molecule has 2 atom stereocenters. The molecule has 19 heavy (non-hydrogen) atoms. The first kappa shape index (κ1) is 12.8. The van der Waals surface area contributed by atoms with E-state index in [1.807, 2.05) is 12.1 Å². The van der Waals surface area contributed by atoms with E-state index in [0.717, 1.165) is 50.5 Å². The Balaban J connectivity index is 1.62. The summed E-state index contributed by atoms with van der Waals surface area (Å²) in [5, 5.41) is 3.59. The third-order valence-electron chi connectivity index (χ3n) is 4.02. The highest BCUT2D eigenvalue weighted by Gasteiger charge is 2.40. The Hall–Kier alpha value is -1.26. The van der Waals surface area contributed by atoms with E-state index in [-0.39, 0.29) is 5.60 Å². The number of benzene rings is 1. The molecule has 104 valence electrons. The van der Waals surface area contributed by atoms with Crippen molar-refractivity contribution in [1.29, 1.82) is 0 Å². The third kappa shape index (κ3) is 2.85. The molecule has 0 saturated carbocycles. The van der Waals surface area contributed by atoms with Gasteiger partial charge in [-0.2, -0.15) is 0 Å². The zero-order valence-electron chi connectivity index (χ0n) is 11.4. The van der Waals surface area contributed by atoms with E-state index < -0.39 is 0 Å². The molecule has 4 nitrogen and oxygen atoms in total. The minimum Gasteiger partial charge on any atom is -0.497 e. The molecule has 3 rings (SSSR count). The van der Waals surface area contributed by atoms with Crippen LogP contribution in [0.15, 0.2) is 24.3 Å². The molecule has 4 heteroatoms. The van der Waals surface area contributed by atoms with Gasteiger partial charge in [0, 0.05) is 31.4 Å². The van der Waals surface area contributed by atoms with Crippen LogP contribution in [0.5, 0.6) is 5.75 Å². The molecule has 2 saturated heterocycles. The lowest BCUT2D eigenvalue weighted by Gasteiger charge is -2.37. The van der Waals surface area contributed by atoms with E-state index in [1.165, 1.54) is 0 Å². The number of hydrogen-bond acceptors (Lipinski definition) is 4. The molecule has 0 bridgehead atoms. The summed E-state index contributed by atoms with van der Waals surface area (Å²) in [4.78, 5) is 0. The van der Waals surface area contributed by atoms with Crippen molar-refractivity contribution in [2.75, 3.05) is 32.2 Å². The smallest absolute Gasteiger partial charge is 0.119 e. The quantitative estimate of drug-likeness (QED) is 0.909. The van der Waals surface area contributed by atoms with Gasteiger partial charge in [0.25, 0.3) is 0 Å². The van der Waals surface area contributed by atoms with Crippen LogP contribution in [0.3, 0.4) is 0 Å². The van der Waals surface area contributed by atoms with E-state index in [0.29, 0.717) is 6.04 Å². The summed E-state index contributed by atoms with van der Waals surface area (Å²) in [5.41, 5.74) is 1.10. The van der Waals surface area contributed by atoms with Crippen LogP contribution in [-0.2, 0) is 9.47 Å². The van der Waals surface area contributed by atoms with Crippen molar-refractivity contribution in [2.24, 2.45) is 0 Å². The molecular weight excluding hydrogens is 242 g/mol. The Morgan fingerprint density at radius 2 is 2.11 bits per heavy atom. The van der Waals surface area contributed by atoms with Crippen molar-refractivity contribution in [3.63, 3.8) is 0 Å². The van der Waals surface area contributed by atoms with Crippen LogP contribution in [0.1, 0.15) is 19.3 Å². The summed E-state index contributed by atoms with van der Waals surface area (Å²) in [7, 11) is 1.69. The Kier molecular flexibility index (Phi) is 3.62. The molecule has 2 heterocycles. The van der Waals surface area contributed by atoms with Gasteiger partial charge < -0.3 is 19.5 Å². The molecule has 1 aromatic carbocycles. The van der Waals surface area contributed by atoms with Crippen LogP contribution in [0.4, 0.5) is 5.69 Å². The molecule has 2 aliphatic rings. The van der Waals surface area contributed by atoms with Gasteiger partial charge in [-0.1, -0.05) is 0 Å². The predicted octanol–water partition coefficient (Wildman–Crippen LogP) is 2.45. The fourth-order valence-corrected chi connectivity index (χ4v) is 2.94. The summed E-state index contributed by atoms with van der Waals surface area (Å²) in [6.45, 7) is 2.39. The molecule has 1 spiro atoms. The highest BCUT2D eigenvalue weighted by atomic mass is 16.6. The average molecular weight is 263 g/mol. The number of rotatable bonds is 3. The van der Waals surface area contributed by atoms with Crippen molar-refractivity contribution in [3.05, 3.63) is 24.3 Å². The minimum atomic E-state index is -0.0393. The van der Waals surface area contributed by atoms with Crippen LogP contribution < -0.4 is 10.1 Å². The molecule has 1 N–H and O–H groups in total. The van der Waals surface area contributed by atoms with Crippen molar-refractivity contribution in [1.82, 2.24) is 0 Å². The van der Waals surface area contributed by atoms with Gasteiger partial charge in [0.05, 0.1) is 19.3 Å². The van der Waals surface area contributed by atoms with Gasteiger partial charge in [-0.05, 0) is 37.1 Å². The molecule has 0 aromatic heterocycles. The van der Waals surface area contributed by atoms with E-state index in [2.05, 4.69) is 17.4 Å². The fourth-order valence-electron chi connectivity index (χ4n) is 2.94. The van der Waals surface area contributed by atoms with E-state index in [9.17, 15) is 0 Å². The lowest BCUT2D eigenvalue weighted by molar-refractivity contribution is -0.0828. The van der Waals surface area contributed by atoms with Crippen molar-refractivity contribution < 1.29 is 14.2 Å². The van der Waals surface area contributed by atoms with E-state index in [1.54, 1.807) is 7.11 Å². The molecule has 2 unspecified atom stereocenters. The van der Waals surface area contributed by atoms with Gasteiger partial charge in [-0.15, -0.1) is 0 Å². The first-order valence-electron chi connectivity index (χ1n) is 6.92. The summed E-state index contributed by atoms with van der Waals surface area (Å²) in [6.07, 6.45) is 3.10. The summed E-state index contributed by atoms with van der Waals surface area (Å²) >= 11 is 0. The van der Waals surface area contributed by atoms with Crippen molar-refractivity contribution in [2.45, 2.75) is 30.9 Å². The largest absolute Gasteiger partial charge is 0.497 e. The Bertz CT molecular complexity index is 412. The standard InChI is InChI=1S/C15H21NO3/c1-17-14-4-2-12(3-5-14)16-13-6-8-19-15(10-13)7-9-18-11-15/h2-5,13,16H,6-11H2,1H3. The first-order chi connectivity index (χ1) is 9.30. The SMILES string of the molecule is COc1ccc(NC2CCOC3(CCOC3)C2)cc1. The fraction of sp³-hybridized carbons (Fsp3) is 0.600.